The number of aliphatic carboxylic acids is 1. The lowest BCUT2D eigenvalue weighted by Crippen LogP contribution is -2.29. The Morgan fingerprint density at radius 1 is 1.48 bits per heavy atom. The van der Waals surface area contributed by atoms with Crippen molar-refractivity contribution >= 4 is 11.9 Å². The summed E-state index contributed by atoms with van der Waals surface area (Å²) in [7, 11) is 3.30. The number of aromatic nitrogens is 3. The van der Waals surface area contributed by atoms with Crippen LogP contribution in [0.15, 0.2) is 16.8 Å². The van der Waals surface area contributed by atoms with Gasteiger partial charge in [-0.15, -0.1) is 0 Å². The average Bonchev–Trinajstić information content (AvgIpc) is 3.01. The smallest absolute Gasteiger partial charge is 0.305 e. The Morgan fingerprint density at radius 2 is 2.19 bits per heavy atom. The molecule has 0 aliphatic carbocycles. The normalized spacial score (nSPS) is 10.6. The van der Waals surface area contributed by atoms with E-state index in [4.69, 9.17) is 9.52 Å². The minimum absolute atomic E-state index is 0.114. The molecule has 8 heteroatoms. The van der Waals surface area contributed by atoms with Crippen molar-refractivity contribution in [2.45, 2.75) is 13.3 Å². The molecule has 0 saturated heterocycles. The van der Waals surface area contributed by atoms with Crippen LogP contribution in [0, 0.1) is 6.92 Å². The fourth-order valence-electron chi connectivity index (χ4n) is 1.80. The number of rotatable bonds is 5. The van der Waals surface area contributed by atoms with Crippen molar-refractivity contribution in [1.82, 2.24) is 19.7 Å². The van der Waals surface area contributed by atoms with Crippen molar-refractivity contribution in [3.63, 3.8) is 0 Å². The van der Waals surface area contributed by atoms with Gasteiger partial charge in [-0.3, -0.25) is 14.3 Å². The van der Waals surface area contributed by atoms with E-state index in [1.54, 1.807) is 31.0 Å². The Kier molecular flexibility index (Phi) is 4.06. The molecule has 2 aromatic rings. The summed E-state index contributed by atoms with van der Waals surface area (Å²) in [5, 5.41) is 12.7. The van der Waals surface area contributed by atoms with Gasteiger partial charge in [0, 0.05) is 26.8 Å². The van der Waals surface area contributed by atoms with Crippen LogP contribution in [0.2, 0.25) is 0 Å². The van der Waals surface area contributed by atoms with Crippen molar-refractivity contribution in [3.05, 3.63) is 23.8 Å². The minimum atomic E-state index is -0.956. The lowest BCUT2D eigenvalue weighted by molar-refractivity contribution is -0.137. The molecule has 0 spiro atoms. The lowest BCUT2D eigenvalue weighted by Gasteiger charge is -2.14. The number of oxazole rings is 1. The molecule has 1 amide bonds. The number of nitrogens with zero attached hydrogens (tertiary/aromatic N) is 4. The molecular formula is C13H16N4O4. The Bertz CT molecular complexity index is 674. The summed E-state index contributed by atoms with van der Waals surface area (Å²) in [5.41, 5.74) is 0.856. The Hall–Kier alpha value is -2.64. The van der Waals surface area contributed by atoms with Crippen LogP contribution in [0.3, 0.4) is 0 Å². The van der Waals surface area contributed by atoms with Crippen molar-refractivity contribution in [2.24, 2.45) is 7.05 Å². The summed E-state index contributed by atoms with van der Waals surface area (Å²) < 4.78 is 7.09. The van der Waals surface area contributed by atoms with Crippen LogP contribution in [0.5, 0.6) is 0 Å². The molecule has 2 rings (SSSR count). The van der Waals surface area contributed by atoms with Gasteiger partial charge in [-0.05, 0) is 6.92 Å². The van der Waals surface area contributed by atoms with E-state index in [1.165, 1.54) is 11.9 Å². The summed E-state index contributed by atoms with van der Waals surface area (Å²) in [6.07, 6.45) is 3.20. The second kappa shape index (κ2) is 5.78. The molecule has 112 valence electrons. The first-order valence-corrected chi connectivity index (χ1v) is 6.32. The van der Waals surface area contributed by atoms with E-state index >= 15 is 0 Å². The third-order valence-corrected chi connectivity index (χ3v) is 2.96. The zero-order chi connectivity index (χ0) is 15.6. The maximum Gasteiger partial charge on any atom is 0.305 e. The van der Waals surface area contributed by atoms with E-state index in [1.807, 2.05) is 0 Å². The molecule has 0 radical (unpaired) electrons. The Morgan fingerprint density at radius 3 is 2.76 bits per heavy atom. The maximum absolute atomic E-state index is 12.2. The zero-order valence-corrected chi connectivity index (χ0v) is 12.0. The van der Waals surface area contributed by atoms with Gasteiger partial charge in [0.25, 0.3) is 5.91 Å². The van der Waals surface area contributed by atoms with Crippen LogP contribution in [0.25, 0.3) is 11.5 Å². The van der Waals surface area contributed by atoms with Crippen molar-refractivity contribution in [1.29, 1.82) is 0 Å². The Labute approximate surface area is 121 Å². The van der Waals surface area contributed by atoms with Crippen LogP contribution < -0.4 is 0 Å². The predicted molar refractivity (Wildman–Crippen MR) is 72.7 cm³/mol. The molecule has 8 nitrogen and oxygen atoms in total. The second-order valence-corrected chi connectivity index (χ2v) is 4.70. The molecule has 0 unspecified atom stereocenters. The van der Waals surface area contributed by atoms with E-state index in [0.29, 0.717) is 17.2 Å². The molecule has 2 aromatic heterocycles. The first-order valence-electron chi connectivity index (χ1n) is 6.32. The van der Waals surface area contributed by atoms with Gasteiger partial charge in [0.05, 0.1) is 18.2 Å². The highest BCUT2D eigenvalue weighted by atomic mass is 16.4. The fraction of sp³-hybridized carbons (Fsp3) is 0.385. The van der Waals surface area contributed by atoms with Gasteiger partial charge in [0.2, 0.25) is 5.89 Å². The first-order chi connectivity index (χ1) is 9.88. The topological polar surface area (TPSA) is 101 Å². The molecule has 2 heterocycles. The van der Waals surface area contributed by atoms with E-state index in [2.05, 4.69) is 10.1 Å². The number of carboxylic acid groups (broad SMARTS) is 1. The van der Waals surface area contributed by atoms with Crippen molar-refractivity contribution in [2.75, 3.05) is 13.6 Å². The SMILES string of the molecule is Cc1oc(-c2cnn(C)c2)nc1C(=O)N(C)CCC(=O)O. The van der Waals surface area contributed by atoms with Crippen LogP contribution in [0.1, 0.15) is 22.7 Å². The summed E-state index contributed by atoms with van der Waals surface area (Å²) in [6.45, 7) is 1.76. The molecule has 0 aliphatic rings. The predicted octanol–water partition coefficient (Wildman–Crippen LogP) is 0.930. The highest BCUT2D eigenvalue weighted by Gasteiger charge is 2.22. The summed E-state index contributed by atoms with van der Waals surface area (Å²) >= 11 is 0. The van der Waals surface area contributed by atoms with Crippen molar-refractivity contribution in [3.8, 4) is 11.5 Å². The van der Waals surface area contributed by atoms with Crippen LogP contribution in [-0.4, -0.2) is 50.2 Å². The standard InChI is InChI=1S/C13H16N4O4/c1-8-11(13(20)16(2)5-4-10(18)19)15-12(21-8)9-6-14-17(3)7-9/h6-7H,4-5H2,1-3H3,(H,18,19). The number of amides is 1. The quantitative estimate of drug-likeness (QED) is 0.879. The van der Waals surface area contributed by atoms with Crippen molar-refractivity contribution < 1.29 is 19.1 Å². The third kappa shape index (κ3) is 3.28. The number of carboxylic acids is 1. The second-order valence-electron chi connectivity index (χ2n) is 4.70. The number of hydrogen-bond donors (Lipinski definition) is 1. The van der Waals surface area contributed by atoms with Gasteiger partial charge in [0.1, 0.15) is 5.76 Å². The van der Waals surface area contributed by atoms with E-state index in [-0.39, 0.29) is 24.6 Å². The largest absolute Gasteiger partial charge is 0.481 e. The summed E-state index contributed by atoms with van der Waals surface area (Å²) in [6, 6.07) is 0. The highest BCUT2D eigenvalue weighted by Crippen LogP contribution is 2.21. The number of carbonyl (C=O) groups is 2. The van der Waals surface area contributed by atoms with Crippen LogP contribution in [-0.2, 0) is 11.8 Å². The van der Waals surface area contributed by atoms with Gasteiger partial charge in [-0.25, -0.2) is 4.98 Å². The number of hydrogen-bond acceptors (Lipinski definition) is 5. The average molecular weight is 292 g/mol. The lowest BCUT2D eigenvalue weighted by atomic mass is 10.3. The van der Waals surface area contributed by atoms with E-state index in [9.17, 15) is 9.59 Å². The maximum atomic E-state index is 12.2. The third-order valence-electron chi connectivity index (χ3n) is 2.96. The van der Waals surface area contributed by atoms with Gasteiger partial charge in [-0.2, -0.15) is 5.10 Å². The minimum Gasteiger partial charge on any atom is -0.481 e. The molecule has 0 atom stereocenters. The molecule has 0 bridgehead atoms. The van der Waals surface area contributed by atoms with Gasteiger partial charge < -0.3 is 14.4 Å². The molecule has 0 saturated carbocycles. The van der Waals surface area contributed by atoms with Gasteiger partial charge >= 0.3 is 5.97 Å². The van der Waals surface area contributed by atoms with Crippen LogP contribution >= 0.6 is 0 Å². The van der Waals surface area contributed by atoms with Gasteiger partial charge in [0.15, 0.2) is 5.69 Å². The van der Waals surface area contributed by atoms with E-state index in [0.717, 1.165) is 0 Å². The van der Waals surface area contributed by atoms with Gasteiger partial charge in [-0.1, -0.05) is 0 Å². The molecule has 0 aromatic carbocycles. The highest BCUT2D eigenvalue weighted by molar-refractivity contribution is 5.93. The molecule has 0 fully saturated rings. The molecule has 21 heavy (non-hydrogen) atoms. The molecule has 1 N–H and O–H groups in total. The summed E-state index contributed by atoms with van der Waals surface area (Å²) in [4.78, 5) is 28.3. The first kappa shape index (κ1) is 14.8. The monoisotopic (exact) mass is 292 g/mol. The Balaban J connectivity index is 2.18. The van der Waals surface area contributed by atoms with E-state index < -0.39 is 5.97 Å². The molecular weight excluding hydrogens is 276 g/mol. The fourth-order valence-corrected chi connectivity index (χ4v) is 1.80. The zero-order valence-electron chi connectivity index (χ0n) is 12.0. The number of carbonyl (C=O) groups excluding carboxylic acids is 1. The molecule has 0 aliphatic heterocycles. The number of aryl methyl sites for hydroxylation is 2. The summed E-state index contributed by atoms with van der Waals surface area (Å²) in [5.74, 6) is -0.619. The van der Waals surface area contributed by atoms with Crippen LogP contribution in [0.4, 0.5) is 0 Å².